The van der Waals surface area contributed by atoms with Crippen LogP contribution in [-0.2, 0) is 17.7 Å². The molecule has 2 aromatic heterocycles. The molecule has 0 atom stereocenters. The van der Waals surface area contributed by atoms with E-state index >= 15 is 0 Å². The van der Waals surface area contributed by atoms with Gasteiger partial charge < -0.3 is 10.5 Å². The van der Waals surface area contributed by atoms with Crippen LogP contribution in [0.3, 0.4) is 0 Å². The van der Waals surface area contributed by atoms with Crippen LogP contribution in [-0.4, -0.2) is 34.4 Å². The summed E-state index contributed by atoms with van der Waals surface area (Å²) in [5.74, 6) is -0.520. The first-order valence-corrected chi connectivity index (χ1v) is 7.88. The number of primary amides is 1. The van der Waals surface area contributed by atoms with Crippen LogP contribution in [0.5, 0.6) is 0 Å². The van der Waals surface area contributed by atoms with Gasteiger partial charge in [0.05, 0.1) is 19.3 Å². The number of hydrogen-bond acceptors (Lipinski definition) is 4. The standard InChI is InChI=1S/C14H18N4O2.C3H8/c1-3-12-6-10(7-13(17-12)14(15)19)11-8-16-18(9-11)4-5-20-2;1-3-2/h6-9H,3-5H2,1-2H3,(H2,15,19);3H2,1-2H3. The molecule has 0 bridgehead atoms. The zero-order valence-electron chi connectivity index (χ0n) is 14.4. The van der Waals surface area contributed by atoms with Crippen molar-refractivity contribution in [2.45, 2.75) is 40.2 Å². The van der Waals surface area contributed by atoms with Crippen LogP contribution in [0.25, 0.3) is 11.1 Å². The normalized spacial score (nSPS) is 10.1. The molecule has 0 spiro atoms. The molecule has 2 N–H and O–H groups in total. The topological polar surface area (TPSA) is 83.0 Å². The summed E-state index contributed by atoms with van der Waals surface area (Å²) in [4.78, 5) is 15.5. The van der Waals surface area contributed by atoms with Crippen LogP contribution in [0.1, 0.15) is 43.4 Å². The number of carbonyl (C=O) groups is 1. The fraction of sp³-hybridized carbons (Fsp3) is 0.471. The molecule has 0 aliphatic rings. The zero-order valence-corrected chi connectivity index (χ0v) is 14.4. The van der Waals surface area contributed by atoms with Crippen molar-refractivity contribution in [3.05, 3.63) is 35.9 Å². The Morgan fingerprint density at radius 1 is 1.26 bits per heavy atom. The van der Waals surface area contributed by atoms with Crippen LogP contribution in [0.2, 0.25) is 0 Å². The second-order valence-corrected chi connectivity index (χ2v) is 5.14. The highest BCUT2D eigenvalue weighted by molar-refractivity contribution is 5.92. The van der Waals surface area contributed by atoms with E-state index in [4.69, 9.17) is 10.5 Å². The van der Waals surface area contributed by atoms with Gasteiger partial charge in [-0.25, -0.2) is 4.98 Å². The Hall–Kier alpha value is -2.21. The first kappa shape index (κ1) is 18.8. The number of nitrogens with two attached hydrogens (primary N) is 1. The number of aryl methyl sites for hydroxylation is 1. The van der Waals surface area contributed by atoms with Gasteiger partial charge in [-0.3, -0.25) is 9.48 Å². The molecule has 1 amide bonds. The second-order valence-electron chi connectivity index (χ2n) is 5.14. The van der Waals surface area contributed by atoms with Crippen molar-refractivity contribution < 1.29 is 9.53 Å². The van der Waals surface area contributed by atoms with Gasteiger partial charge in [0.1, 0.15) is 5.69 Å². The Bertz CT molecular complexity index is 623. The molecule has 0 saturated carbocycles. The van der Waals surface area contributed by atoms with Gasteiger partial charge in [-0.15, -0.1) is 0 Å². The number of methoxy groups -OCH3 is 1. The fourth-order valence-electron chi connectivity index (χ4n) is 1.88. The molecule has 0 aliphatic heterocycles. The maximum Gasteiger partial charge on any atom is 0.267 e. The summed E-state index contributed by atoms with van der Waals surface area (Å²) < 4.78 is 6.82. The molecule has 0 radical (unpaired) electrons. The first-order valence-electron chi connectivity index (χ1n) is 7.88. The van der Waals surface area contributed by atoms with Gasteiger partial charge in [-0.05, 0) is 24.1 Å². The molecular weight excluding hydrogens is 292 g/mol. The number of carbonyl (C=O) groups excluding carboxylic acids is 1. The third-order valence-electron chi connectivity index (χ3n) is 2.98. The Balaban J connectivity index is 0.000000816. The average Bonchev–Trinajstić information content (AvgIpc) is 3.02. The SMILES string of the molecule is CCC.CCc1cc(-c2cnn(CCOC)c2)cc(C(N)=O)n1. The van der Waals surface area contributed by atoms with E-state index in [2.05, 4.69) is 23.9 Å². The van der Waals surface area contributed by atoms with Gasteiger partial charge >= 0.3 is 0 Å². The molecule has 0 saturated heterocycles. The number of ether oxygens (including phenoxy) is 1. The number of nitrogens with zero attached hydrogens (tertiary/aromatic N) is 3. The monoisotopic (exact) mass is 318 g/mol. The Morgan fingerprint density at radius 3 is 2.52 bits per heavy atom. The molecule has 23 heavy (non-hydrogen) atoms. The summed E-state index contributed by atoms with van der Waals surface area (Å²) in [5.41, 5.74) is 8.26. The van der Waals surface area contributed by atoms with E-state index in [1.807, 2.05) is 19.2 Å². The van der Waals surface area contributed by atoms with Crippen molar-refractivity contribution in [3.63, 3.8) is 0 Å². The maximum atomic E-state index is 11.3. The molecule has 2 rings (SSSR count). The number of hydrogen-bond donors (Lipinski definition) is 1. The number of aromatic nitrogens is 3. The lowest BCUT2D eigenvalue weighted by Gasteiger charge is -2.04. The Morgan fingerprint density at radius 2 is 1.96 bits per heavy atom. The third kappa shape index (κ3) is 5.83. The molecule has 6 nitrogen and oxygen atoms in total. The highest BCUT2D eigenvalue weighted by atomic mass is 16.5. The first-order chi connectivity index (χ1) is 11.0. The van der Waals surface area contributed by atoms with Crippen molar-refractivity contribution in [1.82, 2.24) is 14.8 Å². The minimum absolute atomic E-state index is 0.281. The van der Waals surface area contributed by atoms with E-state index in [0.717, 1.165) is 23.2 Å². The molecule has 126 valence electrons. The summed E-state index contributed by atoms with van der Waals surface area (Å²) in [6, 6.07) is 3.64. The van der Waals surface area contributed by atoms with Gasteiger partial charge in [0.25, 0.3) is 5.91 Å². The van der Waals surface area contributed by atoms with Crippen molar-refractivity contribution in [3.8, 4) is 11.1 Å². The van der Waals surface area contributed by atoms with Crippen LogP contribution in [0, 0.1) is 0 Å². The molecule has 6 heteroatoms. The summed E-state index contributed by atoms with van der Waals surface area (Å²) >= 11 is 0. The molecular formula is C17H26N4O2. The molecule has 0 unspecified atom stereocenters. The summed E-state index contributed by atoms with van der Waals surface area (Å²) in [6.45, 7) is 7.52. The lowest BCUT2D eigenvalue weighted by Crippen LogP contribution is -2.14. The van der Waals surface area contributed by atoms with Crippen molar-refractivity contribution in [2.24, 2.45) is 5.73 Å². The molecule has 0 fully saturated rings. The fourth-order valence-corrected chi connectivity index (χ4v) is 1.88. The van der Waals surface area contributed by atoms with Gasteiger partial charge in [-0.1, -0.05) is 27.2 Å². The van der Waals surface area contributed by atoms with Gasteiger partial charge in [0, 0.05) is 24.6 Å². The molecule has 2 aromatic rings. The molecule has 0 aromatic carbocycles. The summed E-state index contributed by atoms with van der Waals surface area (Å²) in [7, 11) is 1.65. The van der Waals surface area contributed by atoms with Gasteiger partial charge in [0.15, 0.2) is 0 Å². The Kier molecular flexibility index (Phi) is 7.97. The smallest absolute Gasteiger partial charge is 0.267 e. The van der Waals surface area contributed by atoms with E-state index in [9.17, 15) is 4.79 Å². The number of rotatable bonds is 6. The minimum Gasteiger partial charge on any atom is -0.383 e. The predicted molar refractivity (Wildman–Crippen MR) is 91.2 cm³/mol. The van der Waals surface area contributed by atoms with E-state index in [1.165, 1.54) is 6.42 Å². The predicted octanol–water partition coefficient (Wildman–Crippen LogP) is 2.67. The third-order valence-corrected chi connectivity index (χ3v) is 2.98. The van der Waals surface area contributed by atoms with Crippen molar-refractivity contribution in [2.75, 3.05) is 13.7 Å². The van der Waals surface area contributed by atoms with Crippen LogP contribution in [0.4, 0.5) is 0 Å². The van der Waals surface area contributed by atoms with E-state index in [1.54, 1.807) is 24.1 Å². The second kappa shape index (κ2) is 9.74. The maximum absolute atomic E-state index is 11.3. The van der Waals surface area contributed by atoms with E-state index in [-0.39, 0.29) is 5.69 Å². The number of amides is 1. The van der Waals surface area contributed by atoms with E-state index in [0.29, 0.717) is 13.2 Å². The van der Waals surface area contributed by atoms with Crippen LogP contribution < -0.4 is 5.73 Å². The highest BCUT2D eigenvalue weighted by Gasteiger charge is 2.09. The van der Waals surface area contributed by atoms with Crippen molar-refractivity contribution in [1.29, 1.82) is 0 Å². The lowest BCUT2D eigenvalue weighted by atomic mass is 10.1. The van der Waals surface area contributed by atoms with Gasteiger partial charge in [-0.2, -0.15) is 5.10 Å². The lowest BCUT2D eigenvalue weighted by molar-refractivity contribution is 0.0995. The minimum atomic E-state index is -0.520. The van der Waals surface area contributed by atoms with Crippen molar-refractivity contribution >= 4 is 5.91 Å². The largest absolute Gasteiger partial charge is 0.383 e. The van der Waals surface area contributed by atoms with E-state index < -0.39 is 5.91 Å². The molecule has 0 aliphatic carbocycles. The van der Waals surface area contributed by atoms with Gasteiger partial charge in [0.2, 0.25) is 0 Å². The number of pyridine rings is 1. The Labute approximate surface area is 137 Å². The van der Waals surface area contributed by atoms with Crippen LogP contribution in [0.15, 0.2) is 24.5 Å². The zero-order chi connectivity index (χ0) is 17.2. The molecule has 2 heterocycles. The summed E-state index contributed by atoms with van der Waals surface area (Å²) in [5, 5.41) is 4.26. The quantitative estimate of drug-likeness (QED) is 0.887. The average molecular weight is 318 g/mol. The highest BCUT2D eigenvalue weighted by Crippen LogP contribution is 2.20. The summed E-state index contributed by atoms with van der Waals surface area (Å²) in [6.07, 6.45) is 5.67. The van der Waals surface area contributed by atoms with Crippen LogP contribution >= 0.6 is 0 Å².